The topological polar surface area (TPSA) is 18.5 Å². The van der Waals surface area contributed by atoms with Crippen LogP contribution in [-0.2, 0) is 15.3 Å². The molecule has 1 aromatic carbocycles. The molecule has 0 fully saturated rings. The van der Waals surface area contributed by atoms with E-state index in [-0.39, 0.29) is 0 Å². The number of hydrogen-bond acceptors (Lipinski definition) is 2. The van der Waals surface area contributed by atoms with Crippen molar-refractivity contribution in [1.82, 2.24) is 0 Å². The molecule has 0 atom stereocenters. The van der Waals surface area contributed by atoms with E-state index in [9.17, 15) is 0 Å². The third-order valence-electron chi connectivity index (χ3n) is 2.73. The smallest absolute Gasteiger partial charge is 0.194 e. The van der Waals surface area contributed by atoms with Crippen LogP contribution in [0.3, 0.4) is 0 Å². The zero-order chi connectivity index (χ0) is 11.1. The Hall–Kier alpha value is -0.860. The molecule has 0 saturated heterocycles. The van der Waals surface area contributed by atoms with Crippen LogP contribution in [0.25, 0.3) is 0 Å². The molecule has 0 aliphatic carbocycles. The van der Waals surface area contributed by atoms with Crippen molar-refractivity contribution in [3.8, 4) is 0 Å². The van der Waals surface area contributed by atoms with Crippen molar-refractivity contribution in [2.75, 3.05) is 14.2 Å². The summed E-state index contributed by atoms with van der Waals surface area (Å²) in [6, 6.07) is 10.1. The first-order valence-corrected chi connectivity index (χ1v) is 5.45. The Morgan fingerprint density at radius 2 is 1.67 bits per heavy atom. The van der Waals surface area contributed by atoms with Crippen molar-refractivity contribution in [3.63, 3.8) is 0 Å². The van der Waals surface area contributed by atoms with Crippen LogP contribution < -0.4 is 0 Å². The zero-order valence-electron chi connectivity index (χ0n) is 9.82. The number of ether oxygens (including phenoxy) is 2. The van der Waals surface area contributed by atoms with Crippen molar-refractivity contribution >= 4 is 0 Å². The highest BCUT2D eigenvalue weighted by Crippen LogP contribution is 2.31. The SMILES string of the molecule is CCCCC(OC)(OC)c1ccccc1. The zero-order valence-corrected chi connectivity index (χ0v) is 9.82. The summed E-state index contributed by atoms with van der Waals surface area (Å²) in [6.45, 7) is 2.17. The van der Waals surface area contributed by atoms with Gasteiger partial charge in [0.05, 0.1) is 0 Å². The van der Waals surface area contributed by atoms with E-state index in [1.807, 2.05) is 30.3 Å². The van der Waals surface area contributed by atoms with Gasteiger partial charge in [0, 0.05) is 26.2 Å². The van der Waals surface area contributed by atoms with E-state index in [1.54, 1.807) is 14.2 Å². The molecule has 0 N–H and O–H groups in total. The molecule has 84 valence electrons. The first kappa shape index (κ1) is 12.2. The fourth-order valence-electron chi connectivity index (χ4n) is 1.77. The third kappa shape index (κ3) is 2.80. The lowest BCUT2D eigenvalue weighted by molar-refractivity contribution is -0.220. The van der Waals surface area contributed by atoms with E-state index in [4.69, 9.17) is 9.47 Å². The molecule has 0 spiro atoms. The van der Waals surface area contributed by atoms with Crippen LogP contribution in [0.1, 0.15) is 31.7 Å². The van der Waals surface area contributed by atoms with Gasteiger partial charge in [-0.25, -0.2) is 0 Å². The van der Waals surface area contributed by atoms with E-state index in [0.29, 0.717) is 0 Å². The molecule has 0 aromatic heterocycles. The lowest BCUT2D eigenvalue weighted by atomic mass is 9.99. The summed E-state index contributed by atoms with van der Waals surface area (Å²) < 4.78 is 11.1. The van der Waals surface area contributed by atoms with Gasteiger partial charge in [0.2, 0.25) is 0 Å². The van der Waals surface area contributed by atoms with Gasteiger partial charge in [-0.15, -0.1) is 0 Å². The van der Waals surface area contributed by atoms with Gasteiger partial charge in [-0.2, -0.15) is 0 Å². The number of unbranched alkanes of at least 4 members (excludes halogenated alkanes) is 1. The summed E-state index contributed by atoms with van der Waals surface area (Å²) >= 11 is 0. The predicted molar refractivity (Wildman–Crippen MR) is 61.7 cm³/mol. The highest BCUT2D eigenvalue weighted by molar-refractivity contribution is 5.20. The second kappa shape index (κ2) is 5.89. The Morgan fingerprint density at radius 3 is 2.13 bits per heavy atom. The Morgan fingerprint density at radius 1 is 1.07 bits per heavy atom. The minimum absolute atomic E-state index is 0.572. The summed E-state index contributed by atoms with van der Waals surface area (Å²) in [6.07, 6.45) is 3.12. The van der Waals surface area contributed by atoms with E-state index in [2.05, 4.69) is 6.92 Å². The second-order valence-electron chi connectivity index (χ2n) is 3.63. The Balaban J connectivity index is 2.89. The molecule has 0 unspecified atom stereocenters. The molecule has 1 aromatic rings. The normalized spacial score (nSPS) is 11.7. The molecule has 0 amide bonds. The summed E-state index contributed by atoms with van der Waals surface area (Å²) in [7, 11) is 3.40. The molecule has 15 heavy (non-hydrogen) atoms. The third-order valence-corrected chi connectivity index (χ3v) is 2.73. The van der Waals surface area contributed by atoms with Gasteiger partial charge in [-0.05, 0) is 6.42 Å². The van der Waals surface area contributed by atoms with Crippen molar-refractivity contribution < 1.29 is 9.47 Å². The van der Waals surface area contributed by atoms with Crippen molar-refractivity contribution in [1.29, 1.82) is 0 Å². The standard InChI is InChI=1S/C13H20O2/c1-4-5-11-13(14-2,15-3)12-9-7-6-8-10-12/h6-10H,4-5,11H2,1-3H3. The van der Waals surface area contributed by atoms with E-state index >= 15 is 0 Å². The quantitative estimate of drug-likeness (QED) is 0.668. The van der Waals surface area contributed by atoms with Crippen LogP contribution in [0, 0.1) is 0 Å². The average molecular weight is 208 g/mol. The molecular weight excluding hydrogens is 188 g/mol. The number of hydrogen-bond donors (Lipinski definition) is 0. The molecule has 0 bridgehead atoms. The van der Waals surface area contributed by atoms with E-state index in [1.165, 1.54) is 0 Å². The van der Waals surface area contributed by atoms with Crippen LogP contribution in [0.15, 0.2) is 30.3 Å². The Bertz CT molecular complexity index is 265. The largest absolute Gasteiger partial charge is 0.349 e. The molecule has 0 heterocycles. The highest BCUT2D eigenvalue weighted by Gasteiger charge is 2.30. The molecule has 0 aliphatic heterocycles. The van der Waals surface area contributed by atoms with Gasteiger partial charge in [0.15, 0.2) is 5.79 Å². The van der Waals surface area contributed by atoms with Gasteiger partial charge in [0.25, 0.3) is 0 Å². The van der Waals surface area contributed by atoms with Crippen LogP contribution >= 0.6 is 0 Å². The second-order valence-corrected chi connectivity index (χ2v) is 3.63. The number of benzene rings is 1. The Labute approximate surface area is 92.2 Å². The van der Waals surface area contributed by atoms with Crippen molar-refractivity contribution in [2.24, 2.45) is 0 Å². The average Bonchev–Trinajstić information content (AvgIpc) is 2.33. The maximum absolute atomic E-state index is 5.55. The lowest BCUT2D eigenvalue weighted by Gasteiger charge is -2.31. The van der Waals surface area contributed by atoms with Crippen molar-refractivity contribution in [3.05, 3.63) is 35.9 Å². The minimum atomic E-state index is -0.572. The highest BCUT2D eigenvalue weighted by atomic mass is 16.7. The maximum atomic E-state index is 5.55. The monoisotopic (exact) mass is 208 g/mol. The van der Waals surface area contributed by atoms with E-state index < -0.39 is 5.79 Å². The van der Waals surface area contributed by atoms with Gasteiger partial charge in [-0.3, -0.25) is 0 Å². The Kier molecular flexibility index (Phi) is 4.79. The minimum Gasteiger partial charge on any atom is -0.349 e. The van der Waals surface area contributed by atoms with Gasteiger partial charge in [0.1, 0.15) is 0 Å². The summed E-state index contributed by atoms with van der Waals surface area (Å²) in [5.41, 5.74) is 1.09. The molecule has 1 rings (SSSR count). The summed E-state index contributed by atoms with van der Waals surface area (Å²) in [4.78, 5) is 0. The predicted octanol–water partition coefficient (Wildman–Crippen LogP) is 3.32. The number of rotatable bonds is 6. The number of methoxy groups -OCH3 is 2. The first-order valence-electron chi connectivity index (χ1n) is 5.45. The molecule has 0 radical (unpaired) electrons. The molecule has 2 heteroatoms. The van der Waals surface area contributed by atoms with E-state index in [0.717, 1.165) is 24.8 Å². The maximum Gasteiger partial charge on any atom is 0.194 e. The molecule has 2 nitrogen and oxygen atoms in total. The van der Waals surface area contributed by atoms with Crippen LogP contribution in [0.4, 0.5) is 0 Å². The van der Waals surface area contributed by atoms with Gasteiger partial charge in [-0.1, -0.05) is 43.7 Å². The fourth-order valence-corrected chi connectivity index (χ4v) is 1.77. The summed E-state index contributed by atoms with van der Waals surface area (Å²) in [5, 5.41) is 0. The fraction of sp³-hybridized carbons (Fsp3) is 0.538. The van der Waals surface area contributed by atoms with Crippen LogP contribution in [-0.4, -0.2) is 14.2 Å². The van der Waals surface area contributed by atoms with Gasteiger partial charge >= 0.3 is 0 Å². The van der Waals surface area contributed by atoms with Crippen LogP contribution in [0.2, 0.25) is 0 Å². The van der Waals surface area contributed by atoms with Gasteiger partial charge < -0.3 is 9.47 Å². The molecule has 0 saturated carbocycles. The van der Waals surface area contributed by atoms with Crippen molar-refractivity contribution in [2.45, 2.75) is 32.0 Å². The molecular formula is C13H20O2. The molecule has 0 aliphatic rings. The lowest BCUT2D eigenvalue weighted by Crippen LogP contribution is -2.30. The van der Waals surface area contributed by atoms with Crippen LogP contribution in [0.5, 0.6) is 0 Å². The first-order chi connectivity index (χ1) is 7.29. The summed E-state index contributed by atoms with van der Waals surface area (Å²) in [5.74, 6) is -0.572.